The summed E-state index contributed by atoms with van der Waals surface area (Å²) >= 11 is 0. The second-order valence-corrected chi connectivity index (χ2v) is 11.3. The molecule has 2 aliphatic rings. The molecule has 1 saturated carbocycles. The smallest absolute Gasteiger partial charge is 0.310 e. The number of methoxy groups -OCH3 is 1. The van der Waals surface area contributed by atoms with Crippen molar-refractivity contribution >= 4 is 17.9 Å². The van der Waals surface area contributed by atoms with E-state index in [-0.39, 0.29) is 43.0 Å². The van der Waals surface area contributed by atoms with Gasteiger partial charge in [-0.05, 0) is 43.9 Å². The number of allylic oxidation sites excluding steroid dienone is 2. The Hall–Kier alpha value is -1.85. The Morgan fingerprint density at radius 1 is 0.632 bits per heavy atom. The molecule has 0 amide bonds. The number of esters is 3. The van der Waals surface area contributed by atoms with Gasteiger partial charge in [0.2, 0.25) is 0 Å². The zero-order chi connectivity index (χ0) is 27.4. The highest BCUT2D eigenvalue weighted by atomic mass is 16.6. The first-order valence-corrected chi connectivity index (χ1v) is 15.6. The van der Waals surface area contributed by atoms with Gasteiger partial charge in [0.05, 0.1) is 18.9 Å². The van der Waals surface area contributed by atoms with Gasteiger partial charge in [-0.2, -0.15) is 0 Å². The summed E-state index contributed by atoms with van der Waals surface area (Å²) in [6, 6.07) is 0. The van der Waals surface area contributed by atoms with Crippen LogP contribution < -0.4 is 0 Å². The summed E-state index contributed by atoms with van der Waals surface area (Å²) in [6.45, 7) is 2.36. The predicted octanol–water partition coefficient (Wildman–Crippen LogP) is 7.73. The van der Waals surface area contributed by atoms with E-state index in [4.69, 9.17) is 14.2 Å². The van der Waals surface area contributed by atoms with E-state index in [2.05, 4.69) is 19.1 Å². The molecule has 0 aromatic rings. The molecular weight excluding hydrogens is 480 g/mol. The van der Waals surface area contributed by atoms with Crippen LogP contribution in [0.1, 0.15) is 129 Å². The predicted molar refractivity (Wildman–Crippen MR) is 150 cm³/mol. The second kappa shape index (κ2) is 20.1. The molecule has 0 saturated heterocycles. The van der Waals surface area contributed by atoms with E-state index in [0.717, 1.165) is 38.5 Å². The first kappa shape index (κ1) is 32.4. The highest BCUT2D eigenvalue weighted by Crippen LogP contribution is 2.52. The summed E-state index contributed by atoms with van der Waals surface area (Å²) in [5.74, 6) is -1.47. The Bertz CT molecular complexity index is 702. The van der Waals surface area contributed by atoms with E-state index >= 15 is 0 Å². The second-order valence-electron chi connectivity index (χ2n) is 11.3. The maximum absolute atomic E-state index is 12.8. The van der Waals surface area contributed by atoms with Gasteiger partial charge in [0.25, 0.3) is 0 Å². The average Bonchev–Trinajstić information content (AvgIpc) is 2.90. The number of hydrogen-bond acceptors (Lipinski definition) is 6. The molecule has 0 aromatic carbocycles. The molecule has 2 aliphatic carbocycles. The standard InChI is InChI=1S/C32H54O6/c1-3-4-5-6-7-8-9-10-11-12-13-14-15-20-23-28(33)37-24-25-38-32(35)30-27-22-19-17-16-18-21-26(27)29(30)31(34)36-2/h16-17,26-27,29-30H,3-15,18-25H2,1-2H3/b17-16+/t26-,27-,29+,30-/m1/s1. The van der Waals surface area contributed by atoms with Gasteiger partial charge in [-0.3, -0.25) is 14.4 Å². The van der Waals surface area contributed by atoms with E-state index in [1.54, 1.807) is 0 Å². The SMILES string of the molecule is CCCCCCCCCCCCCCCCC(=O)OCCOC(=O)[C@@H]1[C@@H]2CC/C=C/CC[C@H]2[C@@H]1C(=O)OC. The molecule has 1 fully saturated rings. The van der Waals surface area contributed by atoms with Crippen LogP contribution in [0.15, 0.2) is 12.2 Å². The number of carbonyl (C=O) groups excluding carboxylic acids is 3. The minimum Gasteiger partial charge on any atom is -0.469 e. The van der Waals surface area contributed by atoms with E-state index < -0.39 is 11.8 Å². The van der Waals surface area contributed by atoms with Gasteiger partial charge in [-0.15, -0.1) is 0 Å². The lowest BCUT2D eigenvalue weighted by Gasteiger charge is -2.49. The van der Waals surface area contributed by atoms with Crippen LogP contribution in [0.2, 0.25) is 0 Å². The third-order valence-electron chi connectivity index (χ3n) is 8.43. The third kappa shape index (κ3) is 11.9. The summed E-state index contributed by atoms with van der Waals surface area (Å²) in [5.41, 5.74) is 0. The maximum Gasteiger partial charge on any atom is 0.310 e. The maximum atomic E-state index is 12.8. The molecule has 38 heavy (non-hydrogen) atoms. The molecule has 2 rings (SSSR count). The normalized spacial score (nSPS) is 23.3. The topological polar surface area (TPSA) is 78.9 Å². The van der Waals surface area contributed by atoms with Crippen LogP contribution in [-0.4, -0.2) is 38.2 Å². The summed E-state index contributed by atoms with van der Waals surface area (Å²) in [4.78, 5) is 37.1. The first-order chi connectivity index (χ1) is 18.6. The van der Waals surface area contributed by atoms with Crippen molar-refractivity contribution in [2.75, 3.05) is 20.3 Å². The minimum absolute atomic E-state index is 0.0327. The van der Waals surface area contributed by atoms with E-state index in [0.29, 0.717) is 6.42 Å². The minimum atomic E-state index is -0.454. The molecule has 0 aromatic heterocycles. The molecule has 0 spiro atoms. The average molecular weight is 535 g/mol. The molecule has 0 bridgehead atoms. The molecule has 4 atom stereocenters. The fraction of sp³-hybridized carbons (Fsp3) is 0.844. The van der Waals surface area contributed by atoms with E-state index in [1.807, 2.05) is 0 Å². The van der Waals surface area contributed by atoms with Gasteiger partial charge in [0, 0.05) is 6.42 Å². The fourth-order valence-corrected chi connectivity index (χ4v) is 6.23. The molecule has 218 valence electrons. The molecule has 0 heterocycles. The Labute approximate surface area is 231 Å². The number of fused-ring (bicyclic) bond motifs is 1. The van der Waals surface area contributed by atoms with Gasteiger partial charge < -0.3 is 14.2 Å². The monoisotopic (exact) mass is 534 g/mol. The van der Waals surface area contributed by atoms with Crippen LogP contribution in [-0.2, 0) is 28.6 Å². The zero-order valence-electron chi connectivity index (χ0n) is 24.3. The number of unbranched alkanes of at least 4 members (excludes halogenated alkanes) is 13. The van der Waals surface area contributed by atoms with Gasteiger partial charge in [-0.1, -0.05) is 103 Å². The van der Waals surface area contributed by atoms with Gasteiger partial charge >= 0.3 is 17.9 Å². The van der Waals surface area contributed by atoms with Crippen molar-refractivity contribution in [1.29, 1.82) is 0 Å². The van der Waals surface area contributed by atoms with Crippen molar-refractivity contribution in [2.45, 2.75) is 129 Å². The van der Waals surface area contributed by atoms with Gasteiger partial charge in [0.1, 0.15) is 13.2 Å². The summed E-state index contributed by atoms with van der Waals surface area (Å²) in [7, 11) is 1.37. The molecule has 6 nitrogen and oxygen atoms in total. The van der Waals surface area contributed by atoms with Crippen LogP contribution in [0.25, 0.3) is 0 Å². The summed E-state index contributed by atoms with van der Waals surface area (Å²) in [6.07, 6.45) is 26.3. The lowest BCUT2D eigenvalue weighted by Crippen LogP contribution is -2.55. The summed E-state index contributed by atoms with van der Waals surface area (Å²) < 4.78 is 15.7. The molecular formula is C32H54O6. The molecule has 6 heteroatoms. The van der Waals surface area contributed by atoms with Crippen molar-refractivity contribution < 1.29 is 28.6 Å². The highest BCUT2D eigenvalue weighted by molar-refractivity contribution is 5.85. The van der Waals surface area contributed by atoms with Crippen molar-refractivity contribution in [1.82, 2.24) is 0 Å². The Balaban J connectivity index is 1.47. The lowest BCUT2D eigenvalue weighted by atomic mass is 9.53. The van der Waals surface area contributed by atoms with Crippen LogP contribution in [0, 0.1) is 23.7 Å². The Morgan fingerprint density at radius 3 is 1.58 bits per heavy atom. The highest BCUT2D eigenvalue weighted by Gasteiger charge is 2.57. The van der Waals surface area contributed by atoms with Crippen molar-refractivity contribution in [3.05, 3.63) is 12.2 Å². The number of carbonyl (C=O) groups is 3. The Morgan fingerprint density at radius 2 is 1.08 bits per heavy atom. The van der Waals surface area contributed by atoms with Gasteiger partial charge in [0.15, 0.2) is 0 Å². The van der Waals surface area contributed by atoms with Crippen molar-refractivity contribution in [2.24, 2.45) is 23.7 Å². The van der Waals surface area contributed by atoms with Crippen LogP contribution >= 0.6 is 0 Å². The van der Waals surface area contributed by atoms with E-state index in [1.165, 1.54) is 84.2 Å². The first-order valence-electron chi connectivity index (χ1n) is 15.6. The molecule has 0 radical (unpaired) electrons. The summed E-state index contributed by atoms with van der Waals surface area (Å²) in [5, 5.41) is 0. The van der Waals surface area contributed by atoms with E-state index in [9.17, 15) is 14.4 Å². The number of ether oxygens (including phenoxy) is 3. The quantitative estimate of drug-likeness (QED) is 0.0688. The molecule has 0 unspecified atom stereocenters. The molecule has 0 N–H and O–H groups in total. The van der Waals surface area contributed by atoms with Crippen LogP contribution in [0.3, 0.4) is 0 Å². The van der Waals surface area contributed by atoms with Crippen LogP contribution in [0.5, 0.6) is 0 Å². The largest absolute Gasteiger partial charge is 0.469 e. The number of hydrogen-bond donors (Lipinski definition) is 0. The van der Waals surface area contributed by atoms with Crippen LogP contribution in [0.4, 0.5) is 0 Å². The van der Waals surface area contributed by atoms with Gasteiger partial charge in [-0.25, -0.2) is 0 Å². The van der Waals surface area contributed by atoms with Crippen molar-refractivity contribution in [3.63, 3.8) is 0 Å². The molecule has 0 aliphatic heterocycles. The van der Waals surface area contributed by atoms with Crippen molar-refractivity contribution in [3.8, 4) is 0 Å². The fourth-order valence-electron chi connectivity index (χ4n) is 6.23. The lowest BCUT2D eigenvalue weighted by molar-refractivity contribution is -0.183. The zero-order valence-corrected chi connectivity index (χ0v) is 24.3. The number of rotatable bonds is 20. The third-order valence-corrected chi connectivity index (χ3v) is 8.43. The Kier molecular flexibility index (Phi) is 17.1.